The van der Waals surface area contributed by atoms with Gasteiger partial charge in [-0.15, -0.1) is 0 Å². The van der Waals surface area contributed by atoms with Gasteiger partial charge in [0.1, 0.15) is 6.10 Å². The molecule has 14 heavy (non-hydrogen) atoms. The molecule has 0 amide bonds. The fraction of sp³-hybridized carbons (Fsp3) is 0.250. The first-order chi connectivity index (χ1) is 6.56. The lowest BCUT2D eigenvalue weighted by Crippen LogP contribution is -2.27. The molecule has 2 unspecified atom stereocenters. The second kappa shape index (κ2) is 4.03. The first-order valence-corrected chi connectivity index (χ1v) is 3.78. The van der Waals surface area contributed by atoms with Crippen molar-refractivity contribution in [2.24, 2.45) is 0 Å². The average molecular weight is 199 g/mol. The van der Waals surface area contributed by atoms with Crippen LogP contribution >= 0.6 is 0 Å². The highest BCUT2D eigenvalue weighted by molar-refractivity contribution is 5.74. The molecular formula is C8H9NO5. The second-order valence-corrected chi connectivity index (χ2v) is 2.73. The predicted molar refractivity (Wildman–Crippen MR) is 44.8 cm³/mol. The van der Waals surface area contributed by atoms with E-state index >= 15 is 0 Å². The minimum absolute atomic E-state index is 0.155. The molecule has 1 rings (SSSR count). The van der Waals surface area contributed by atoms with Gasteiger partial charge in [0, 0.05) is 11.8 Å². The van der Waals surface area contributed by atoms with Crippen LogP contribution in [0.5, 0.6) is 0 Å². The third-order valence-corrected chi connectivity index (χ3v) is 1.75. The van der Waals surface area contributed by atoms with Gasteiger partial charge in [0.05, 0.1) is 5.69 Å². The summed E-state index contributed by atoms with van der Waals surface area (Å²) in [6, 6.07) is 1.27. The Bertz CT molecular complexity index is 345. The Balaban J connectivity index is 2.83. The van der Waals surface area contributed by atoms with Gasteiger partial charge in [-0.3, -0.25) is 4.79 Å². The van der Waals surface area contributed by atoms with E-state index in [1.54, 1.807) is 0 Å². The third-order valence-electron chi connectivity index (χ3n) is 1.75. The number of aliphatic carboxylic acids is 1. The third kappa shape index (κ3) is 1.98. The molecule has 0 fully saturated rings. The lowest BCUT2D eigenvalue weighted by molar-refractivity contribution is -0.153. The lowest BCUT2D eigenvalue weighted by atomic mass is 10.1. The van der Waals surface area contributed by atoms with Crippen LogP contribution in [0.15, 0.2) is 12.3 Å². The molecular weight excluding hydrogens is 190 g/mol. The van der Waals surface area contributed by atoms with E-state index in [0.717, 1.165) is 0 Å². The van der Waals surface area contributed by atoms with Crippen molar-refractivity contribution >= 4 is 12.3 Å². The summed E-state index contributed by atoms with van der Waals surface area (Å²) in [6.07, 6.45) is -1.66. The number of carboxylic acids is 1. The number of H-pyrrole nitrogens is 1. The first-order valence-electron chi connectivity index (χ1n) is 3.78. The van der Waals surface area contributed by atoms with Crippen molar-refractivity contribution in [3.63, 3.8) is 0 Å². The van der Waals surface area contributed by atoms with Gasteiger partial charge in [0.2, 0.25) is 0 Å². The minimum Gasteiger partial charge on any atom is -0.479 e. The summed E-state index contributed by atoms with van der Waals surface area (Å²) in [5, 5.41) is 26.7. The predicted octanol–water partition coefficient (Wildman–Crippen LogP) is -0.694. The summed E-state index contributed by atoms with van der Waals surface area (Å²) in [5.41, 5.74) is 0.360. The molecule has 76 valence electrons. The molecule has 0 bridgehead atoms. The number of rotatable bonds is 4. The Morgan fingerprint density at radius 1 is 1.50 bits per heavy atom. The van der Waals surface area contributed by atoms with Crippen LogP contribution in [0, 0.1) is 0 Å². The Labute approximate surface area is 78.8 Å². The fourth-order valence-electron chi connectivity index (χ4n) is 0.986. The van der Waals surface area contributed by atoms with Crippen molar-refractivity contribution in [3.8, 4) is 0 Å². The van der Waals surface area contributed by atoms with E-state index in [-0.39, 0.29) is 11.3 Å². The molecule has 1 aromatic heterocycles. The molecule has 0 aromatic carbocycles. The molecule has 6 nitrogen and oxygen atoms in total. The van der Waals surface area contributed by atoms with Crippen molar-refractivity contribution < 1.29 is 24.9 Å². The van der Waals surface area contributed by atoms with Crippen molar-refractivity contribution in [2.45, 2.75) is 12.2 Å². The zero-order chi connectivity index (χ0) is 10.7. The molecule has 1 heterocycles. The Morgan fingerprint density at radius 2 is 2.14 bits per heavy atom. The topological polar surface area (TPSA) is 111 Å². The molecule has 2 atom stereocenters. The van der Waals surface area contributed by atoms with Gasteiger partial charge < -0.3 is 20.3 Å². The Hall–Kier alpha value is -1.66. The number of carboxylic acid groups (broad SMARTS) is 1. The number of aromatic amines is 1. The van der Waals surface area contributed by atoms with Crippen LogP contribution in [-0.2, 0) is 4.79 Å². The number of hydrogen-bond acceptors (Lipinski definition) is 4. The molecule has 0 aliphatic carbocycles. The van der Waals surface area contributed by atoms with Gasteiger partial charge in [-0.1, -0.05) is 0 Å². The van der Waals surface area contributed by atoms with Gasteiger partial charge in [-0.2, -0.15) is 0 Å². The van der Waals surface area contributed by atoms with Gasteiger partial charge in [0.25, 0.3) is 0 Å². The van der Waals surface area contributed by atoms with E-state index in [4.69, 9.17) is 10.2 Å². The van der Waals surface area contributed by atoms with E-state index in [9.17, 15) is 14.7 Å². The van der Waals surface area contributed by atoms with Crippen molar-refractivity contribution in [2.75, 3.05) is 0 Å². The maximum atomic E-state index is 10.3. The van der Waals surface area contributed by atoms with Gasteiger partial charge in [-0.25, -0.2) is 4.79 Å². The maximum Gasteiger partial charge on any atom is 0.335 e. The average Bonchev–Trinajstić information content (AvgIpc) is 2.63. The summed E-state index contributed by atoms with van der Waals surface area (Å²) in [6.45, 7) is 0. The van der Waals surface area contributed by atoms with Crippen molar-refractivity contribution in [1.29, 1.82) is 0 Å². The van der Waals surface area contributed by atoms with Crippen molar-refractivity contribution in [3.05, 3.63) is 23.5 Å². The van der Waals surface area contributed by atoms with Crippen LogP contribution in [0.2, 0.25) is 0 Å². The van der Waals surface area contributed by atoms with Crippen LogP contribution in [0.3, 0.4) is 0 Å². The number of aliphatic hydroxyl groups is 2. The second-order valence-electron chi connectivity index (χ2n) is 2.73. The van der Waals surface area contributed by atoms with Crippen LogP contribution in [0.25, 0.3) is 0 Å². The molecule has 0 aliphatic rings. The van der Waals surface area contributed by atoms with Crippen molar-refractivity contribution in [1.82, 2.24) is 4.98 Å². The summed E-state index contributed by atoms with van der Waals surface area (Å²) in [4.78, 5) is 23.1. The van der Waals surface area contributed by atoms with Crippen LogP contribution in [0.4, 0.5) is 0 Å². The largest absolute Gasteiger partial charge is 0.479 e. The number of carbonyl (C=O) groups excluding carboxylic acids is 1. The van der Waals surface area contributed by atoms with Gasteiger partial charge in [-0.05, 0) is 6.07 Å². The first kappa shape index (κ1) is 10.4. The molecule has 0 spiro atoms. The summed E-state index contributed by atoms with van der Waals surface area (Å²) in [7, 11) is 0. The highest BCUT2D eigenvalue weighted by Crippen LogP contribution is 2.17. The Kier molecular flexibility index (Phi) is 3.00. The number of nitrogens with one attached hydrogen (secondary N) is 1. The molecule has 6 heteroatoms. The smallest absolute Gasteiger partial charge is 0.335 e. The molecule has 0 aliphatic heterocycles. The summed E-state index contributed by atoms with van der Waals surface area (Å²) >= 11 is 0. The van der Waals surface area contributed by atoms with E-state index in [2.05, 4.69) is 4.98 Å². The SMILES string of the molecule is O=Cc1cc(C(O)C(O)C(=O)O)c[nH]1. The number of aldehydes is 1. The lowest BCUT2D eigenvalue weighted by Gasteiger charge is -2.11. The standard InChI is InChI=1S/C8H9NO5/c10-3-5-1-4(2-9-5)6(11)7(12)8(13)14/h1-3,6-7,9,11-12H,(H,13,14). The molecule has 1 aromatic rings. The van der Waals surface area contributed by atoms with E-state index in [1.165, 1.54) is 12.3 Å². The Morgan fingerprint density at radius 3 is 2.57 bits per heavy atom. The molecule has 0 saturated carbocycles. The normalized spacial score (nSPS) is 14.7. The van der Waals surface area contributed by atoms with Crippen LogP contribution in [0.1, 0.15) is 22.2 Å². The monoisotopic (exact) mass is 199 g/mol. The van der Waals surface area contributed by atoms with Gasteiger partial charge in [0.15, 0.2) is 12.4 Å². The summed E-state index contributed by atoms with van der Waals surface area (Å²) < 4.78 is 0. The molecule has 4 N–H and O–H groups in total. The summed E-state index contributed by atoms with van der Waals surface area (Å²) in [5.74, 6) is -1.52. The highest BCUT2D eigenvalue weighted by Gasteiger charge is 2.25. The number of hydrogen-bond donors (Lipinski definition) is 4. The van der Waals surface area contributed by atoms with Crippen LogP contribution in [-0.4, -0.2) is 38.7 Å². The zero-order valence-electron chi connectivity index (χ0n) is 7.04. The van der Waals surface area contributed by atoms with Gasteiger partial charge >= 0.3 is 5.97 Å². The number of carbonyl (C=O) groups is 2. The molecule has 0 saturated heterocycles. The van der Waals surface area contributed by atoms with E-state index in [1.807, 2.05) is 0 Å². The molecule has 0 radical (unpaired) electrons. The number of aliphatic hydroxyl groups excluding tert-OH is 2. The zero-order valence-corrected chi connectivity index (χ0v) is 7.04. The quantitative estimate of drug-likeness (QED) is 0.479. The highest BCUT2D eigenvalue weighted by atomic mass is 16.4. The maximum absolute atomic E-state index is 10.3. The number of aromatic nitrogens is 1. The fourth-order valence-corrected chi connectivity index (χ4v) is 0.986. The van der Waals surface area contributed by atoms with E-state index in [0.29, 0.717) is 6.29 Å². The van der Waals surface area contributed by atoms with E-state index < -0.39 is 18.2 Å². The minimum atomic E-state index is -1.90. The van der Waals surface area contributed by atoms with Crippen LogP contribution < -0.4 is 0 Å².